The van der Waals surface area contributed by atoms with Gasteiger partial charge in [-0.1, -0.05) is 12.6 Å². The Labute approximate surface area is 155 Å². The summed E-state index contributed by atoms with van der Waals surface area (Å²) in [4.78, 5) is 13.8. The van der Waals surface area contributed by atoms with Gasteiger partial charge in [0.05, 0.1) is 5.69 Å². The minimum Gasteiger partial charge on any atom is -0.367 e. The Morgan fingerprint density at radius 2 is 1.93 bits per heavy atom. The zero-order valence-corrected chi connectivity index (χ0v) is 14.3. The first-order valence-electron chi connectivity index (χ1n) is 8.41. The third-order valence-corrected chi connectivity index (χ3v) is 4.45. The molecular weight excluding hydrogens is 348 g/mol. The Balaban J connectivity index is 1.68. The van der Waals surface area contributed by atoms with E-state index in [1.165, 1.54) is 6.07 Å². The maximum atomic E-state index is 14.1. The summed E-state index contributed by atoms with van der Waals surface area (Å²) in [5, 5.41) is 3.23. The van der Waals surface area contributed by atoms with Crippen molar-refractivity contribution in [2.45, 2.75) is 6.54 Å². The van der Waals surface area contributed by atoms with E-state index in [9.17, 15) is 8.78 Å². The number of nitrogens with one attached hydrogen (secondary N) is 1. The molecule has 0 aliphatic carbocycles. The van der Waals surface area contributed by atoms with E-state index >= 15 is 0 Å². The van der Waals surface area contributed by atoms with Gasteiger partial charge in [-0.3, -0.25) is 0 Å². The summed E-state index contributed by atoms with van der Waals surface area (Å²) in [6, 6.07) is 8.90. The summed E-state index contributed by atoms with van der Waals surface area (Å²) >= 11 is 0. The zero-order chi connectivity index (χ0) is 18.8. The lowest BCUT2D eigenvalue weighted by Crippen LogP contribution is -2.34. The minimum absolute atomic E-state index is 0.248. The number of nitrogens with zero attached hydrogens (tertiary/aromatic N) is 4. The van der Waals surface area contributed by atoms with Crippen LogP contribution < -0.4 is 10.2 Å². The average molecular weight is 363 g/mol. The molecule has 7 heteroatoms. The Morgan fingerprint density at radius 1 is 1.07 bits per heavy atom. The normalized spacial score (nSPS) is 12.9. The van der Waals surface area contributed by atoms with Crippen LogP contribution in [0.2, 0.25) is 0 Å². The van der Waals surface area contributed by atoms with Crippen molar-refractivity contribution < 1.29 is 8.78 Å². The molecule has 1 aliphatic rings. The van der Waals surface area contributed by atoms with Crippen LogP contribution in [0.3, 0.4) is 0 Å². The number of aromatic nitrogens is 2. The van der Waals surface area contributed by atoms with Crippen LogP contribution >= 0.6 is 0 Å². The van der Waals surface area contributed by atoms with Crippen LogP contribution in [0, 0.1) is 18.2 Å². The standard InChI is InChI=1S/C20H15F2N5/c1-23-19-5-2-13(10-25-19)14-9-18-20(26-11-14)24-6-7-27(18)12-15-8-16(21)3-4-17(15)22/h2-5,8-11H,6-7,12H2,(H,24,26). The molecule has 0 saturated heterocycles. The van der Waals surface area contributed by atoms with Crippen molar-refractivity contribution in [2.24, 2.45) is 0 Å². The highest BCUT2D eigenvalue weighted by atomic mass is 19.1. The van der Waals surface area contributed by atoms with Crippen molar-refractivity contribution in [3.05, 3.63) is 77.4 Å². The van der Waals surface area contributed by atoms with Crippen molar-refractivity contribution in [3.8, 4) is 11.1 Å². The van der Waals surface area contributed by atoms with E-state index in [1.54, 1.807) is 18.5 Å². The second-order valence-corrected chi connectivity index (χ2v) is 6.19. The van der Waals surface area contributed by atoms with E-state index in [0.717, 1.165) is 28.9 Å². The van der Waals surface area contributed by atoms with Gasteiger partial charge in [-0.15, -0.1) is 4.98 Å². The highest BCUT2D eigenvalue weighted by molar-refractivity contribution is 5.76. The van der Waals surface area contributed by atoms with E-state index in [4.69, 9.17) is 6.57 Å². The van der Waals surface area contributed by atoms with Crippen molar-refractivity contribution >= 4 is 17.3 Å². The minimum atomic E-state index is -0.459. The molecule has 0 fully saturated rings. The van der Waals surface area contributed by atoms with Crippen molar-refractivity contribution in [2.75, 3.05) is 23.3 Å². The summed E-state index contributed by atoms with van der Waals surface area (Å²) in [6.45, 7) is 8.54. The van der Waals surface area contributed by atoms with E-state index in [1.807, 2.05) is 17.0 Å². The van der Waals surface area contributed by atoms with Gasteiger partial charge < -0.3 is 15.1 Å². The summed E-state index contributed by atoms with van der Waals surface area (Å²) in [5.41, 5.74) is 2.79. The van der Waals surface area contributed by atoms with Crippen LogP contribution in [0.5, 0.6) is 0 Å². The smallest absolute Gasteiger partial charge is 0.269 e. The van der Waals surface area contributed by atoms with Crippen LogP contribution in [0.4, 0.5) is 26.1 Å². The van der Waals surface area contributed by atoms with Gasteiger partial charge in [0, 0.05) is 42.5 Å². The van der Waals surface area contributed by atoms with Crippen LogP contribution in [-0.4, -0.2) is 23.1 Å². The Morgan fingerprint density at radius 3 is 2.70 bits per heavy atom. The molecule has 3 heterocycles. The number of hydrogen-bond donors (Lipinski definition) is 1. The lowest BCUT2D eigenvalue weighted by molar-refractivity contribution is 0.580. The molecule has 0 radical (unpaired) electrons. The topological polar surface area (TPSA) is 45.4 Å². The Bertz CT molecular complexity index is 1030. The molecule has 4 rings (SSSR count). The highest BCUT2D eigenvalue weighted by Gasteiger charge is 2.20. The number of anilines is 2. The molecule has 0 amide bonds. The number of hydrogen-bond acceptors (Lipinski definition) is 4. The van der Waals surface area contributed by atoms with Gasteiger partial charge >= 0.3 is 0 Å². The van der Waals surface area contributed by atoms with Crippen molar-refractivity contribution in [1.82, 2.24) is 9.97 Å². The fraction of sp³-hybridized carbons (Fsp3) is 0.150. The molecule has 1 aromatic carbocycles. The lowest BCUT2D eigenvalue weighted by atomic mass is 10.1. The van der Waals surface area contributed by atoms with Crippen molar-refractivity contribution in [3.63, 3.8) is 0 Å². The van der Waals surface area contributed by atoms with Gasteiger partial charge in [-0.25, -0.2) is 13.8 Å². The summed E-state index contributed by atoms with van der Waals surface area (Å²) in [5.74, 6) is 0.140. The predicted molar refractivity (Wildman–Crippen MR) is 99.6 cm³/mol. The SMILES string of the molecule is [C-]#[N+]c1ccc(-c2cnc3c(c2)N(Cc2cc(F)ccc2F)CCN3)cn1. The average Bonchev–Trinajstić information content (AvgIpc) is 2.71. The fourth-order valence-corrected chi connectivity index (χ4v) is 3.08. The summed E-state index contributed by atoms with van der Waals surface area (Å²) < 4.78 is 27.6. The molecule has 134 valence electrons. The molecule has 3 aromatic rings. The first-order valence-corrected chi connectivity index (χ1v) is 8.41. The number of pyridine rings is 2. The quantitative estimate of drug-likeness (QED) is 0.701. The third-order valence-electron chi connectivity index (χ3n) is 4.45. The molecule has 0 unspecified atom stereocenters. The molecule has 0 bridgehead atoms. The molecule has 2 aromatic heterocycles. The third kappa shape index (κ3) is 3.42. The molecule has 5 nitrogen and oxygen atoms in total. The van der Waals surface area contributed by atoms with E-state index in [0.29, 0.717) is 30.3 Å². The second-order valence-electron chi connectivity index (χ2n) is 6.19. The van der Waals surface area contributed by atoms with Gasteiger partial charge in [-0.2, -0.15) is 0 Å². The molecule has 1 aliphatic heterocycles. The van der Waals surface area contributed by atoms with E-state index < -0.39 is 11.6 Å². The van der Waals surface area contributed by atoms with Gasteiger partial charge in [-0.05, 0) is 30.3 Å². The summed E-state index contributed by atoms with van der Waals surface area (Å²) in [6.07, 6.45) is 3.36. The molecule has 27 heavy (non-hydrogen) atoms. The zero-order valence-electron chi connectivity index (χ0n) is 14.3. The second kappa shape index (κ2) is 7.00. The molecule has 0 spiro atoms. The van der Waals surface area contributed by atoms with Gasteiger partial charge in [0.15, 0.2) is 0 Å². The molecule has 0 atom stereocenters. The van der Waals surface area contributed by atoms with Gasteiger partial charge in [0.25, 0.3) is 5.82 Å². The first-order chi connectivity index (χ1) is 13.1. The number of halogens is 2. The van der Waals surface area contributed by atoms with Crippen LogP contribution in [0.25, 0.3) is 16.0 Å². The highest BCUT2D eigenvalue weighted by Crippen LogP contribution is 2.33. The number of fused-ring (bicyclic) bond motifs is 1. The van der Waals surface area contributed by atoms with Crippen LogP contribution in [-0.2, 0) is 6.54 Å². The van der Waals surface area contributed by atoms with E-state index in [-0.39, 0.29) is 6.54 Å². The summed E-state index contributed by atoms with van der Waals surface area (Å²) in [7, 11) is 0. The Kier molecular flexibility index (Phi) is 4.38. The van der Waals surface area contributed by atoms with Gasteiger partial charge in [0.1, 0.15) is 23.6 Å². The largest absolute Gasteiger partial charge is 0.367 e. The van der Waals surface area contributed by atoms with Crippen molar-refractivity contribution in [1.29, 1.82) is 0 Å². The number of rotatable bonds is 3. The lowest BCUT2D eigenvalue weighted by Gasteiger charge is -2.31. The van der Waals surface area contributed by atoms with Crippen LogP contribution in [0.15, 0.2) is 48.8 Å². The monoisotopic (exact) mass is 363 g/mol. The molecular formula is C20H15F2N5. The van der Waals surface area contributed by atoms with E-state index in [2.05, 4.69) is 20.1 Å². The van der Waals surface area contributed by atoms with Crippen LogP contribution in [0.1, 0.15) is 5.56 Å². The Hall–Kier alpha value is -3.53. The number of benzene rings is 1. The maximum absolute atomic E-state index is 14.1. The molecule has 1 N–H and O–H groups in total. The van der Waals surface area contributed by atoms with Gasteiger partial charge in [0.2, 0.25) is 0 Å². The molecule has 0 saturated carbocycles. The predicted octanol–water partition coefficient (Wildman–Crippen LogP) is 4.40. The fourth-order valence-electron chi connectivity index (χ4n) is 3.08. The first kappa shape index (κ1) is 16.9. The maximum Gasteiger partial charge on any atom is 0.269 e.